The number of hydrogen-bond donors (Lipinski definition) is 2. The Morgan fingerprint density at radius 2 is 2.56 bits per heavy atom. The zero-order chi connectivity index (χ0) is 6.69. The molecule has 0 fully saturated rings. The lowest BCUT2D eigenvalue weighted by Crippen LogP contribution is -2.17. The Morgan fingerprint density at radius 1 is 1.78 bits per heavy atom. The predicted octanol–water partition coefficient (Wildman–Crippen LogP) is 1.40. The molecule has 4 heteroatoms. The van der Waals surface area contributed by atoms with Crippen LogP contribution in [0.25, 0.3) is 0 Å². The zero-order valence-electron chi connectivity index (χ0n) is 4.63. The number of rotatable bonds is 1. The normalized spacial score (nSPS) is 8.89. The van der Waals surface area contributed by atoms with Crippen molar-refractivity contribution >= 4 is 33.7 Å². The first-order chi connectivity index (χ1) is 4.29. The van der Waals surface area contributed by atoms with E-state index in [1.807, 2.05) is 17.5 Å². The van der Waals surface area contributed by atoms with Crippen molar-refractivity contribution in [3.63, 3.8) is 0 Å². The fraction of sp³-hybridized carbons (Fsp3) is 0. The molecule has 0 unspecified atom stereocenters. The molecule has 0 aliphatic carbocycles. The van der Waals surface area contributed by atoms with Crippen LogP contribution in [0.4, 0.5) is 5.00 Å². The fourth-order valence-electron chi connectivity index (χ4n) is 0.471. The monoisotopic (exact) mass is 158 g/mol. The van der Waals surface area contributed by atoms with Gasteiger partial charge in [0.15, 0.2) is 5.11 Å². The molecule has 9 heavy (non-hydrogen) atoms. The van der Waals surface area contributed by atoms with Gasteiger partial charge >= 0.3 is 0 Å². The van der Waals surface area contributed by atoms with Crippen molar-refractivity contribution in [1.29, 1.82) is 0 Å². The molecule has 0 aliphatic heterocycles. The van der Waals surface area contributed by atoms with Crippen LogP contribution in [0.3, 0.4) is 0 Å². The number of thiocarbonyl (C=S) groups is 1. The highest BCUT2D eigenvalue weighted by atomic mass is 32.1. The molecular formula is C5H6N2S2. The molecule has 0 aromatic carbocycles. The number of hydrogen-bond acceptors (Lipinski definition) is 2. The first-order valence-electron chi connectivity index (χ1n) is 2.39. The molecule has 2 nitrogen and oxygen atoms in total. The van der Waals surface area contributed by atoms with Crippen LogP contribution in [0.5, 0.6) is 0 Å². The summed E-state index contributed by atoms with van der Waals surface area (Å²) in [5.41, 5.74) is 5.21. The predicted molar refractivity (Wildman–Crippen MR) is 44.7 cm³/mol. The second-order valence-corrected chi connectivity index (χ2v) is 2.85. The average Bonchev–Trinajstić information content (AvgIpc) is 2.15. The topological polar surface area (TPSA) is 38.0 Å². The number of nitrogens with one attached hydrogen (secondary N) is 1. The average molecular weight is 158 g/mol. The molecule has 48 valence electrons. The Kier molecular flexibility index (Phi) is 2.02. The van der Waals surface area contributed by atoms with E-state index in [1.165, 1.54) is 0 Å². The maximum Gasteiger partial charge on any atom is 0.168 e. The Balaban J connectivity index is 2.58. The van der Waals surface area contributed by atoms with Crippen LogP contribution in [0.1, 0.15) is 0 Å². The van der Waals surface area contributed by atoms with Gasteiger partial charge in [0.2, 0.25) is 0 Å². The molecule has 0 amide bonds. The molecule has 0 saturated carbocycles. The van der Waals surface area contributed by atoms with Gasteiger partial charge in [0.05, 0.1) is 5.00 Å². The molecule has 0 saturated heterocycles. The molecule has 0 spiro atoms. The highest BCUT2D eigenvalue weighted by molar-refractivity contribution is 7.80. The third-order valence-electron chi connectivity index (χ3n) is 0.768. The molecule has 1 rings (SSSR count). The van der Waals surface area contributed by atoms with E-state index in [1.54, 1.807) is 11.3 Å². The van der Waals surface area contributed by atoms with Crippen molar-refractivity contribution < 1.29 is 0 Å². The van der Waals surface area contributed by atoms with Gasteiger partial charge in [-0.2, -0.15) is 0 Å². The highest BCUT2D eigenvalue weighted by Gasteiger charge is 1.89. The number of nitrogens with two attached hydrogens (primary N) is 1. The van der Waals surface area contributed by atoms with Crippen LogP contribution in [0.2, 0.25) is 0 Å². The standard InChI is InChI=1S/C5H6N2S2/c6-5(8)7-4-2-1-3-9-4/h1-3H,(H3,6,7,8). The van der Waals surface area contributed by atoms with Gasteiger partial charge in [-0.05, 0) is 29.7 Å². The van der Waals surface area contributed by atoms with E-state index in [0.717, 1.165) is 5.00 Å². The fourth-order valence-corrected chi connectivity index (χ4v) is 1.28. The van der Waals surface area contributed by atoms with Crippen molar-refractivity contribution in [2.45, 2.75) is 0 Å². The van der Waals surface area contributed by atoms with Crippen molar-refractivity contribution in [2.24, 2.45) is 5.73 Å². The first-order valence-corrected chi connectivity index (χ1v) is 3.68. The maximum absolute atomic E-state index is 5.21. The van der Waals surface area contributed by atoms with Gasteiger partial charge in [0.25, 0.3) is 0 Å². The smallest absolute Gasteiger partial charge is 0.168 e. The maximum atomic E-state index is 5.21. The Labute approximate surface area is 62.7 Å². The molecule has 3 N–H and O–H groups in total. The summed E-state index contributed by atoms with van der Waals surface area (Å²) >= 11 is 6.19. The second kappa shape index (κ2) is 2.80. The lowest BCUT2D eigenvalue weighted by molar-refractivity contribution is 1.70. The number of anilines is 1. The van der Waals surface area contributed by atoms with Gasteiger partial charge in [0.1, 0.15) is 0 Å². The van der Waals surface area contributed by atoms with Crippen molar-refractivity contribution in [1.82, 2.24) is 0 Å². The largest absolute Gasteiger partial charge is 0.376 e. The summed E-state index contributed by atoms with van der Waals surface area (Å²) in [6.07, 6.45) is 0. The molecule has 0 aliphatic rings. The summed E-state index contributed by atoms with van der Waals surface area (Å²) in [7, 11) is 0. The van der Waals surface area contributed by atoms with Crippen LogP contribution in [-0.4, -0.2) is 5.11 Å². The molecule has 0 radical (unpaired) electrons. The quantitative estimate of drug-likeness (QED) is 0.607. The summed E-state index contributed by atoms with van der Waals surface area (Å²) in [4.78, 5) is 0. The summed E-state index contributed by atoms with van der Waals surface area (Å²) in [6.45, 7) is 0. The van der Waals surface area contributed by atoms with E-state index in [4.69, 9.17) is 5.73 Å². The third kappa shape index (κ3) is 1.99. The lowest BCUT2D eigenvalue weighted by atomic mass is 10.6. The van der Waals surface area contributed by atoms with Gasteiger partial charge < -0.3 is 11.1 Å². The minimum Gasteiger partial charge on any atom is -0.376 e. The van der Waals surface area contributed by atoms with E-state index >= 15 is 0 Å². The van der Waals surface area contributed by atoms with Gasteiger partial charge in [-0.1, -0.05) is 0 Å². The summed E-state index contributed by atoms with van der Waals surface area (Å²) < 4.78 is 0. The Bertz CT molecular complexity index is 193. The lowest BCUT2D eigenvalue weighted by Gasteiger charge is -1.95. The van der Waals surface area contributed by atoms with Gasteiger partial charge in [-0.15, -0.1) is 11.3 Å². The Hall–Kier alpha value is -0.610. The van der Waals surface area contributed by atoms with Crippen LogP contribution in [0.15, 0.2) is 17.5 Å². The van der Waals surface area contributed by atoms with E-state index in [9.17, 15) is 0 Å². The molecule has 1 aromatic heterocycles. The van der Waals surface area contributed by atoms with E-state index in [0.29, 0.717) is 5.11 Å². The second-order valence-electron chi connectivity index (χ2n) is 1.47. The Morgan fingerprint density at radius 3 is 3.00 bits per heavy atom. The SMILES string of the molecule is NC(=S)Nc1cccs1. The molecule has 1 heterocycles. The van der Waals surface area contributed by atoms with Gasteiger partial charge in [0, 0.05) is 0 Å². The van der Waals surface area contributed by atoms with Crippen molar-refractivity contribution in [2.75, 3.05) is 5.32 Å². The van der Waals surface area contributed by atoms with Crippen molar-refractivity contribution in [3.8, 4) is 0 Å². The van der Waals surface area contributed by atoms with Crippen LogP contribution in [0, 0.1) is 0 Å². The summed E-state index contributed by atoms with van der Waals surface area (Å²) in [6, 6.07) is 3.86. The number of thiophene rings is 1. The first kappa shape index (κ1) is 6.51. The molecule has 0 bridgehead atoms. The van der Waals surface area contributed by atoms with E-state index in [-0.39, 0.29) is 0 Å². The zero-order valence-corrected chi connectivity index (χ0v) is 6.26. The minimum atomic E-state index is 0.317. The van der Waals surface area contributed by atoms with Crippen LogP contribution in [-0.2, 0) is 0 Å². The van der Waals surface area contributed by atoms with E-state index in [2.05, 4.69) is 17.5 Å². The third-order valence-corrected chi connectivity index (χ3v) is 1.65. The molecule has 0 atom stereocenters. The van der Waals surface area contributed by atoms with Gasteiger partial charge in [-0.25, -0.2) is 0 Å². The van der Waals surface area contributed by atoms with Crippen LogP contribution >= 0.6 is 23.6 Å². The molecule has 1 aromatic rings. The van der Waals surface area contributed by atoms with Crippen molar-refractivity contribution in [3.05, 3.63) is 17.5 Å². The van der Waals surface area contributed by atoms with E-state index < -0.39 is 0 Å². The highest BCUT2D eigenvalue weighted by Crippen LogP contribution is 2.13. The van der Waals surface area contributed by atoms with Gasteiger partial charge in [-0.3, -0.25) is 0 Å². The molecular weight excluding hydrogens is 152 g/mol. The summed E-state index contributed by atoms with van der Waals surface area (Å²) in [5, 5.41) is 6.08. The van der Waals surface area contributed by atoms with Crippen LogP contribution < -0.4 is 11.1 Å². The minimum absolute atomic E-state index is 0.317. The summed E-state index contributed by atoms with van der Waals surface area (Å²) in [5.74, 6) is 0.